The van der Waals surface area contributed by atoms with E-state index in [0.717, 1.165) is 5.56 Å². The van der Waals surface area contributed by atoms with E-state index in [2.05, 4.69) is 25.9 Å². The van der Waals surface area contributed by atoms with Gasteiger partial charge in [0.25, 0.3) is 17.8 Å². The second-order valence-electron chi connectivity index (χ2n) is 7.04. The zero-order chi connectivity index (χ0) is 20.7. The number of rotatable bonds is 5. The number of aromatic amines is 1. The minimum atomic E-state index is -0.517. The number of tetrazole rings is 1. The average Bonchev–Trinajstić information content (AvgIpc) is 3.37. The van der Waals surface area contributed by atoms with Crippen LogP contribution in [0.1, 0.15) is 45.3 Å². The second-order valence-corrected chi connectivity index (χ2v) is 7.04. The van der Waals surface area contributed by atoms with Crippen LogP contribution in [-0.2, 0) is 4.79 Å². The maximum atomic E-state index is 13.3. The third-order valence-corrected chi connectivity index (χ3v) is 5.28. The molecule has 3 amide bonds. The summed E-state index contributed by atoms with van der Waals surface area (Å²) in [5.74, 6) is -0.462. The minimum Gasteiger partial charge on any atom is -0.313 e. The van der Waals surface area contributed by atoms with Crippen molar-refractivity contribution in [1.29, 1.82) is 0 Å². The first kappa shape index (κ1) is 18.0. The summed E-state index contributed by atoms with van der Waals surface area (Å²) >= 11 is 0. The Labute approximate surface area is 170 Å². The van der Waals surface area contributed by atoms with Crippen molar-refractivity contribution in [1.82, 2.24) is 25.5 Å². The van der Waals surface area contributed by atoms with Gasteiger partial charge in [-0.05, 0) is 29.8 Å². The summed E-state index contributed by atoms with van der Waals surface area (Å²) in [5.41, 5.74) is 2.47. The van der Waals surface area contributed by atoms with Crippen LogP contribution in [0.25, 0.3) is 0 Å². The molecule has 2 aliphatic rings. The third kappa shape index (κ3) is 2.81. The maximum Gasteiger partial charge on any atom is 0.269 e. The van der Waals surface area contributed by atoms with Crippen molar-refractivity contribution in [3.05, 3.63) is 65.2 Å². The minimum absolute atomic E-state index is 0.101. The number of carbonyl (C=O) groups is 3. The fourth-order valence-electron chi connectivity index (χ4n) is 4.01. The van der Waals surface area contributed by atoms with Crippen molar-refractivity contribution in [3.63, 3.8) is 0 Å². The average molecular weight is 403 g/mol. The highest BCUT2D eigenvalue weighted by atomic mass is 16.2. The summed E-state index contributed by atoms with van der Waals surface area (Å²) < 4.78 is 0. The Balaban J connectivity index is 1.41. The first-order valence-electron chi connectivity index (χ1n) is 9.51. The van der Waals surface area contributed by atoms with Crippen LogP contribution in [0.5, 0.6) is 0 Å². The Bertz CT molecular complexity index is 1140. The van der Waals surface area contributed by atoms with Gasteiger partial charge in [-0.25, -0.2) is 0 Å². The van der Waals surface area contributed by atoms with E-state index in [1.165, 1.54) is 0 Å². The third-order valence-electron chi connectivity index (χ3n) is 5.28. The molecule has 0 saturated carbocycles. The number of hydrogen-bond donors (Lipinski definition) is 2. The van der Waals surface area contributed by atoms with Crippen LogP contribution < -0.4 is 10.2 Å². The number of para-hydroxylation sites is 1. The molecule has 0 bridgehead atoms. The molecule has 5 rings (SSSR count). The van der Waals surface area contributed by atoms with E-state index >= 15 is 0 Å². The molecule has 10 nitrogen and oxygen atoms in total. The number of carbonyl (C=O) groups excluding carboxylic acids is 3. The molecule has 0 saturated heterocycles. The molecule has 2 N–H and O–H groups in total. The van der Waals surface area contributed by atoms with Crippen molar-refractivity contribution in [3.8, 4) is 0 Å². The van der Waals surface area contributed by atoms with Gasteiger partial charge in [-0.3, -0.25) is 24.6 Å². The number of amides is 3. The molecular formula is C20H17N7O3. The molecule has 3 aromatic rings. The van der Waals surface area contributed by atoms with Crippen LogP contribution in [0, 0.1) is 0 Å². The molecule has 0 radical (unpaired) electrons. The van der Waals surface area contributed by atoms with E-state index in [9.17, 15) is 14.4 Å². The summed E-state index contributed by atoms with van der Waals surface area (Å²) in [5, 5.41) is 15.5. The van der Waals surface area contributed by atoms with E-state index < -0.39 is 6.17 Å². The van der Waals surface area contributed by atoms with E-state index in [-0.39, 0.29) is 30.1 Å². The summed E-state index contributed by atoms with van der Waals surface area (Å²) in [4.78, 5) is 41.8. The molecule has 10 heteroatoms. The quantitative estimate of drug-likeness (QED) is 0.669. The highest BCUT2D eigenvalue weighted by molar-refractivity contribution is 6.16. The number of nitrogens with zero attached hydrogens (tertiary/aromatic N) is 5. The summed E-state index contributed by atoms with van der Waals surface area (Å²) in [6.45, 7) is 0.315. The Hall–Kier alpha value is -4.08. The van der Waals surface area contributed by atoms with Gasteiger partial charge in [0, 0.05) is 24.1 Å². The molecule has 0 aliphatic carbocycles. The summed E-state index contributed by atoms with van der Waals surface area (Å²) in [6.07, 6.45) is 0.0666. The van der Waals surface area contributed by atoms with Gasteiger partial charge in [0.05, 0.1) is 11.3 Å². The zero-order valence-corrected chi connectivity index (χ0v) is 15.8. The first-order valence-corrected chi connectivity index (χ1v) is 9.51. The second kappa shape index (κ2) is 7.07. The normalized spacial score (nSPS) is 16.9. The first-order chi connectivity index (χ1) is 14.6. The number of aromatic nitrogens is 4. The van der Waals surface area contributed by atoms with Gasteiger partial charge in [0.2, 0.25) is 5.91 Å². The fraction of sp³-hybridized carbons (Fsp3) is 0.200. The Morgan fingerprint density at radius 3 is 2.60 bits per heavy atom. The molecule has 1 atom stereocenters. The summed E-state index contributed by atoms with van der Waals surface area (Å²) in [7, 11) is 0. The van der Waals surface area contributed by atoms with E-state index in [1.54, 1.807) is 34.1 Å². The Morgan fingerprint density at radius 1 is 1.03 bits per heavy atom. The van der Waals surface area contributed by atoms with Gasteiger partial charge in [-0.1, -0.05) is 35.4 Å². The Morgan fingerprint density at radius 2 is 1.80 bits per heavy atom. The zero-order valence-electron chi connectivity index (χ0n) is 15.8. The molecule has 150 valence electrons. The highest BCUT2D eigenvalue weighted by Crippen LogP contribution is 2.45. The lowest BCUT2D eigenvalue weighted by molar-refractivity contribution is -0.116. The number of fused-ring (bicyclic) bond motifs is 5. The smallest absolute Gasteiger partial charge is 0.269 e. The predicted molar refractivity (Wildman–Crippen MR) is 106 cm³/mol. The van der Waals surface area contributed by atoms with Crippen LogP contribution in [0.3, 0.4) is 0 Å². The molecule has 1 unspecified atom stereocenters. The molecule has 30 heavy (non-hydrogen) atoms. The van der Waals surface area contributed by atoms with Crippen molar-refractivity contribution in [2.45, 2.75) is 19.0 Å². The fourth-order valence-corrected chi connectivity index (χ4v) is 4.01. The van der Waals surface area contributed by atoms with E-state index in [4.69, 9.17) is 0 Å². The standard InChI is InChI=1S/C20H17N7O3/c28-16(21-20-22-24-25-23-20)10-5-11-26-17-12-6-1-2-7-13(12)19(30)27(17)15-9-4-3-8-14(15)18(26)29/h1-4,6-9,17H,5,10-11H2,(H2,21,22,23,24,25,28). The largest absolute Gasteiger partial charge is 0.313 e. The molecule has 3 heterocycles. The van der Waals surface area contributed by atoms with Gasteiger partial charge < -0.3 is 4.90 Å². The van der Waals surface area contributed by atoms with Crippen LogP contribution in [0.15, 0.2) is 48.5 Å². The molecule has 0 spiro atoms. The number of nitrogens with one attached hydrogen (secondary N) is 2. The van der Waals surface area contributed by atoms with Crippen molar-refractivity contribution >= 4 is 29.4 Å². The predicted octanol–water partition coefficient (Wildman–Crippen LogP) is 1.73. The Kier molecular flexibility index (Phi) is 4.24. The molecule has 0 fully saturated rings. The van der Waals surface area contributed by atoms with Crippen molar-refractivity contribution in [2.75, 3.05) is 16.8 Å². The van der Waals surface area contributed by atoms with Gasteiger partial charge in [0.1, 0.15) is 6.17 Å². The number of H-pyrrole nitrogens is 1. The lowest BCUT2D eigenvalue weighted by Crippen LogP contribution is -2.48. The monoisotopic (exact) mass is 403 g/mol. The van der Waals surface area contributed by atoms with Gasteiger partial charge in [0.15, 0.2) is 0 Å². The van der Waals surface area contributed by atoms with Gasteiger partial charge in [-0.15, -0.1) is 5.10 Å². The maximum absolute atomic E-state index is 13.3. The van der Waals surface area contributed by atoms with Crippen LogP contribution >= 0.6 is 0 Å². The van der Waals surface area contributed by atoms with Crippen molar-refractivity contribution < 1.29 is 14.4 Å². The molecular weight excluding hydrogens is 386 g/mol. The number of hydrogen-bond acceptors (Lipinski definition) is 6. The topological polar surface area (TPSA) is 124 Å². The molecule has 2 aliphatic heterocycles. The number of anilines is 2. The van der Waals surface area contributed by atoms with Gasteiger partial charge in [-0.2, -0.15) is 5.21 Å². The molecule has 2 aromatic carbocycles. The van der Waals surface area contributed by atoms with Crippen molar-refractivity contribution in [2.24, 2.45) is 0 Å². The lowest BCUT2D eigenvalue weighted by atomic mass is 10.0. The van der Waals surface area contributed by atoms with E-state index in [0.29, 0.717) is 29.8 Å². The summed E-state index contributed by atoms with van der Waals surface area (Å²) in [6, 6.07) is 14.4. The van der Waals surface area contributed by atoms with Crippen LogP contribution in [0.4, 0.5) is 11.6 Å². The number of benzene rings is 2. The SMILES string of the molecule is O=C(CCCN1C(=O)c2ccccc2N2C(=O)c3ccccc3C12)Nc1nn[nH]n1. The molecule has 1 aromatic heterocycles. The highest BCUT2D eigenvalue weighted by Gasteiger charge is 2.47. The van der Waals surface area contributed by atoms with E-state index in [1.807, 2.05) is 24.3 Å². The van der Waals surface area contributed by atoms with Crippen LogP contribution in [0.2, 0.25) is 0 Å². The lowest BCUT2D eigenvalue weighted by Gasteiger charge is -2.41. The van der Waals surface area contributed by atoms with Gasteiger partial charge >= 0.3 is 0 Å². The van der Waals surface area contributed by atoms with Crippen LogP contribution in [-0.4, -0.2) is 49.8 Å².